The molecule has 2 saturated heterocycles. The highest BCUT2D eigenvalue weighted by atomic mass is 35.5. The van der Waals surface area contributed by atoms with Gasteiger partial charge in [0, 0.05) is 17.6 Å². The Bertz CT molecular complexity index is 669. The summed E-state index contributed by atoms with van der Waals surface area (Å²) in [5, 5.41) is 16.1. The third-order valence-electron chi connectivity index (χ3n) is 5.42. The van der Waals surface area contributed by atoms with Crippen LogP contribution in [0, 0.1) is 11.5 Å². The van der Waals surface area contributed by atoms with Crippen molar-refractivity contribution < 1.29 is 4.74 Å². The molecule has 0 saturated carbocycles. The van der Waals surface area contributed by atoms with Crippen molar-refractivity contribution in [2.24, 2.45) is 0 Å². The smallest absolute Gasteiger partial charge is 0.181 e. The molecule has 0 aromatic heterocycles. The molecule has 0 aliphatic carbocycles. The fraction of sp³-hybridized carbons (Fsp3) is 0.579. The lowest BCUT2D eigenvalue weighted by atomic mass is 9.83. The number of halogens is 1. The average molecular weight is 393 g/mol. The van der Waals surface area contributed by atoms with Gasteiger partial charge in [-0.15, -0.1) is 0 Å². The molecule has 0 bridgehead atoms. The van der Waals surface area contributed by atoms with Crippen LogP contribution in [-0.2, 0) is 11.2 Å². The van der Waals surface area contributed by atoms with Gasteiger partial charge in [0.2, 0.25) is 0 Å². The first-order chi connectivity index (χ1) is 12.5. The van der Waals surface area contributed by atoms with Gasteiger partial charge in [0.1, 0.15) is 4.99 Å². The minimum Gasteiger partial charge on any atom is -0.376 e. The largest absolute Gasteiger partial charge is 0.376 e. The number of piperidine rings is 1. The zero-order chi connectivity index (χ0) is 18.6. The number of thiocarbonyl (C=S) groups is 1. The van der Waals surface area contributed by atoms with E-state index in [1.165, 1.54) is 5.56 Å². The molecule has 3 rings (SSSR count). The van der Waals surface area contributed by atoms with Gasteiger partial charge in [-0.25, -0.2) is 0 Å². The molecule has 5 nitrogen and oxygen atoms in total. The first-order valence-corrected chi connectivity index (χ1v) is 9.87. The highest BCUT2D eigenvalue weighted by Gasteiger charge is 2.47. The van der Waals surface area contributed by atoms with E-state index in [0.29, 0.717) is 11.6 Å². The van der Waals surface area contributed by atoms with Crippen molar-refractivity contribution >= 4 is 28.8 Å². The van der Waals surface area contributed by atoms with Crippen molar-refractivity contribution in [2.75, 3.05) is 26.2 Å². The first kappa shape index (κ1) is 19.5. The second-order valence-corrected chi connectivity index (χ2v) is 7.97. The molecule has 1 aromatic carbocycles. The lowest BCUT2D eigenvalue weighted by molar-refractivity contribution is -0.0888. The van der Waals surface area contributed by atoms with Crippen molar-refractivity contribution in [3.05, 3.63) is 34.9 Å². The Morgan fingerprint density at radius 2 is 2.12 bits per heavy atom. The van der Waals surface area contributed by atoms with Gasteiger partial charge in [0.05, 0.1) is 18.2 Å². The maximum Gasteiger partial charge on any atom is 0.181 e. The third-order valence-corrected chi connectivity index (χ3v) is 6.16. The molecule has 26 heavy (non-hydrogen) atoms. The van der Waals surface area contributed by atoms with Crippen LogP contribution >= 0.6 is 23.8 Å². The Hall–Kier alpha value is -1.23. The monoisotopic (exact) mass is 392 g/mol. The van der Waals surface area contributed by atoms with Gasteiger partial charge < -0.3 is 10.1 Å². The number of ether oxygens (including phenoxy) is 1. The molecule has 7 heteroatoms. The summed E-state index contributed by atoms with van der Waals surface area (Å²) in [5.41, 5.74) is 0.927. The normalized spacial score (nSPS) is 26.0. The van der Waals surface area contributed by atoms with E-state index in [2.05, 4.69) is 34.6 Å². The Kier molecular flexibility index (Phi) is 6.49. The van der Waals surface area contributed by atoms with E-state index in [9.17, 15) is 0 Å². The lowest BCUT2D eigenvalue weighted by Gasteiger charge is -2.52. The first-order valence-electron chi connectivity index (χ1n) is 9.08. The predicted octanol–water partition coefficient (Wildman–Crippen LogP) is 2.49. The summed E-state index contributed by atoms with van der Waals surface area (Å²) in [6.45, 7) is 5.36. The molecular weight excluding hydrogens is 368 g/mol. The molecule has 2 fully saturated rings. The minimum absolute atomic E-state index is 0.146. The van der Waals surface area contributed by atoms with E-state index >= 15 is 0 Å². The van der Waals surface area contributed by atoms with E-state index in [0.717, 1.165) is 43.9 Å². The van der Waals surface area contributed by atoms with Gasteiger partial charge in [0.25, 0.3) is 0 Å². The van der Waals surface area contributed by atoms with Crippen LogP contribution in [0.25, 0.3) is 0 Å². The molecule has 2 aliphatic heterocycles. The van der Waals surface area contributed by atoms with Crippen molar-refractivity contribution in [3.8, 4) is 6.19 Å². The molecule has 0 unspecified atom stereocenters. The maximum absolute atomic E-state index is 9.14. The van der Waals surface area contributed by atoms with E-state index in [1.54, 1.807) is 0 Å². The van der Waals surface area contributed by atoms with Crippen LogP contribution < -0.4 is 10.6 Å². The summed E-state index contributed by atoms with van der Waals surface area (Å²) < 4.78 is 5.98. The van der Waals surface area contributed by atoms with Crippen LogP contribution in [0.15, 0.2) is 24.3 Å². The molecule has 2 N–H and O–H groups in total. The Labute approximate surface area is 165 Å². The van der Waals surface area contributed by atoms with Crippen molar-refractivity contribution in [3.63, 3.8) is 0 Å². The fourth-order valence-electron chi connectivity index (χ4n) is 4.08. The van der Waals surface area contributed by atoms with Crippen LogP contribution in [0.3, 0.4) is 0 Å². The van der Waals surface area contributed by atoms with Gasteiger partial charge in [-0.05, 0) is 57.0 Å². The highest BCUT2D eigenvalue weighted by molar-refractivity contribution is 7.80. The number of rotatable bonds is 4. The summed E-state index contributed by atoms with van der Waals surface area (Å²) in [7, 11) is 0. The molecule has 2 atom stereocenters. The predicted molar refractivity (Wildman–Crippen MR) is 107 cm³/mol. The second-order valence-electron chi connectivity index (χ2n) is 7.13. The van der Waals surface area contributed by atoms with Crippen LogP contribution in [-0.4, -0.2) is 53.8 Å². The number of nitrogens with one attached hydrogen (secondary N) is 2. The van der Waals surface area contributed by atoms with E-state index in [1.807, 2.05) is 18.3 Å². The highest BCUT2D eigenvalue weighted by Crippen LogP contribution is 2.33. The number of benzene rings is 1. The Balaban J connectivity index is 1.88. The molecule has 0 radical (unpaired) electrons. The second kappa shape index (κ2) is 8.64. The van der Waals surface area contributed by atoms with Gasteiger partial charge in [-0.2, -0.15) is 5.26 Å². The molecule has 0 spiro atoms. The molecule has 2 aliphatic rings. The quantitative estimate of drug-likeness (QED) is 0.466. The number of hydrogen-bond acceptors (Lipinski definition) is 5. The molecular formula is C19H25ClN4OS. The Morgan fingerprint density at radius 3 is 2.77 bits per heavy atom. The zero-order valence-corrected chi connectivity index (χ0v) is 16.6. The van der Waals surface area contributed by atoms with Gasteiger partial charge in [0.15, 0.2) is 6.19 Å². The molecule has 2 heterocycles. The summed E-state index contributed by atoms with van der Waals surface area (Å²) in [6.07, 6.45) is 4.83. The summed E-state index contributed by atoms with van der Waals surface area (Å²) in [6, 6.07) is 8.20. The number of nitrogens with zero attached hydrogens (tertiary/aromatic N) is 2. The summed E-state index contributed by atoms with van der Waals surface area (Å²) >= 11 is 11.7. The number of nitriles is 1. The number of hydrogen-bond donors (Lipinski definition) is 2. The zero-order valence-electron chi connectivity index (χ0n) is 15.0. The van der Waals surface area contributed by atoms with Crippen molar-refractivity contribution in [1.29, 1.82) is 5.26 Å². The minimum atomic E-state index is -0.300. The summed E-state index contributed by atoms with van der Waals surface area (Å²) in [4.78, 5) is 3.13. The topological polar surface area (TPSA) is 60.3 Å². The van der Waals surface area contributed by atoms with Gasteiger partial charge in [-0.3, -0.25) is 10.2 Å². The fourth-order valence-corrected chi connectivity index (χ4v) is 4.58. The van der Waals surface area contributed by atoms with E-state index in [-0.39, 0.29) is 17.7 Å². The standard InChI is InChI=1S/C19H25ClN4OS/c1-14-11-24(19(18(26)23-13-21)6-8-22-9-7-19)17(12-25-14)10-15-2-4-16(20)5-3-15/h2-5,14,17,22H,6-12H2,1H3,(H,23,26)/t14-,17-/m0/s1. The van der Waals surface area contributed by atoms with Crippen molar-refractivity contribution in [2.45, 2.75) is 43.9 Å². The van der Waals surface area contributed by atoms with E-state index < -0.39 is 0 Å². The summed E-state index contributed by atoms with van der Waals surface area (Å²) in [5.74, 6) is 0. The molecule has 0 amide bonds. The van der Waals surface area contributed by atoms with Crippen LogP contribution in [0.2, 0.25) is 5.02 Å². The third kappa shape index (κ3) is 4.19. The van der Waals surface area contributed by atoms with Crippen LogP contribution in [0.1, 0.15) is 25.3 Å². The van der Waals surface area contributed by atoms with Gasteiger partial charge in [-0.1, -0.05) is 36.0 Å². The average Bonchev–Trinajstić information content (AvgIpc) is 2.65. The number of morpholine rings is 1. The lowest BCUT2D eigenvalue weighted by Crippen LogP contribution is -2.68. The van der Waals surface area contributed by atoms with Crippen LogP contribution in [0.4, 0.5) is 0 Å². The Morgan fingerprint density at radius 1 is 1.42 bits per heavy atom. The van der Waals surface area contributed by atoms with Crippen LogP contribution in [0.5, 0.6) is 0 Å². The van der Waals surface area contributed by atoms with Gasteiger partial charge >= 0.3 is 0 Å². The SMILES string of the molecule is C[C@H]1CN(C2(C(=S)NC#N)CCNCC2)[C@@H](Cc2ccc(Cl)cc2)CO1. The van der Waals surface area contributed by atoms with Crippen molar-refractivity contribution in [1.82, 2.24) is 15.5 Å². The molecule has 1 aromatic rings. The maximum atomic E-state index is 9.14. The molecule has 140 valence electrons. The van der Waals surface area contributed by atoms with E-state index in [4.69, 9.17) is 33.8 Å².